The lowest BCUT2D eigenvalue weighted by Gasteiger charge is -2.23. The molecular weight excluding hydrogens is 258 g/mol. The highest BCUT2D eigenvalue weighted by Crippen LogP contribution is 2.07. The van der Waals surface area contributed by atoms with E-state index in [9.17, 15) is 9.59 Å². The first-order valence-corrected chi connectivity index (χ1v) is 6.22. The van der Waals surface area contributed by atoms with Crippen LogP contribution in [-0.2, 0) is 0 Å². The second-order valence-corrected chi connectivity index (χ2v) is 4.48. The van der Waals surface area contributed by atoms with Gasteiger partial charge in [0.05, 0.1) is 0 Å². The number of nitrogens with one attached hydrogen (secondary N) is 1. The summed E-state index contributed by atoms with van der Waals surface area (Å²) in [6, 6.07) is 0. The van der Waals surface area contributed by atoms with Crippen molar-refractivity contribution in [3.8, 4) is 0 Å². The van der Waals surface area contributed by atoms with Gasteiger partial charge in [-0.2, -0.15) is 0 Å². The number of aromatic carboxylic acids is 1. The molecule has 0 unspecified atom stereocenters. The summed E-state index contributed by atoms with van der Waals surface area (Å²) in [5.41, 5.74) is 0.761. The quantitative estimate of drug-likeness (QED) is 0.696. The molecule has 0 bridgehead atoms. The van der Waals surface area contributed by atoms with Gasteiger partial charge in [0.25, 0.3) is 0 Å². The van der Waals surface area contributed by atoms with E-state index in [0.29, 0.717) is 13.1 Å². The van der Waals surface area contributed by atoms with Crippen molar-refractivity contribution in [2.45, 2.75) is 6.92 Å². The summed E-state index contributed by atoms with van der Waals surface area (Å²) in [5, 5.41) is 21.7. The number of nitrogens with zero attached hydrogens (tertiary/aromatic N) is 2. The van der Waals surface area contributed by atoms with Crippen molar-refractivity contribution >= 4 is 23.4 Å². The topological polar surface area (TPSA) is 103 Å². The van der Waals surface area contributed by atoms with Gasteiger partial charge in [-0.15, -0.1) is 11.3 Å². The first-order valence-electron chi connectivity index (χ1n) is 5.34. The lowest BCUT2D eigenvalue weighted by atomic mass is 10.4. The Bertz CT molecular complexity index is 415. The van der Waals surface area contributed by atoms with Gasteiger partial charge in [-0.3, -0.25) is 0 Å². The predicted octanol–water partition coefficient (Wildman–Crippen LogP) is 0.719. The molecule has 1 aliphatic heterocycles. The van der Waals surface area contributed by atoms with Crippen LogP contribution in [0.4, 0.5) is 4.79 Å². The van der Waals surface area contributed by atoms with Crippen LogP contribution in [0.2, 0.25) is 0 Å². The number of carbonyl (C=O) groups is 2. The van der Waals surface area contributed by atoms with Gasteiger partial charge in [-0.05, 0) is 6.92 Å². The summed E-state index contributed by atoms with van der Waals surface area (Å²) in [5.74, 6) is -0.951. The molecule has 100 valence electrons. The minimum absolute atomic E-state index is 0.160. The zero-order valence-electron chi connectivity index (χ0n) is 9.92. The van der Waals surface area contributed by atoms with Crippen LogP contribution in [0.15, 0.2) is 5.38 Å². The van der Waals surface area contributed by atoms with Crippen molar-refractivity contribution in [2.24, 2.45) is 0 Å². The lowest BCUT2D eigenvalue weighted by molar-refractivity contribution is 0.0696. The number of hydrogen-bond acceptors (Lipinski definition) is 5. The molecule has 0 aliphatic carbocycles. The van der Waals surface area contributed by atoms with Crippen molar-refractivity contribution < 1.29 is 19.8 Å². The maximum Gasteiger partial charge on any atom is 0.407 e. The molecule has 7 nitrogen and oxygen atoms in total. The Morgan fingerprint density at radius 2 is 2.00 bits per heavy atom. The Morgan fingerprint density at radius 3 is 2.28 bits per heavy atom. The van der Waals surface area contributed by atoms with Crippen LogP contribution in [0.25, 0.3) is 0 Å². The zero-order valence-corrected chi connectivity index (χ0v) is 10.7. The van der Waals surface area contributed by atoms with Gasteiger partial charge in [0.2, 0.25) is 5.01 Å². The van der Waals surface area contributed by atoms with Gasteiger partial charge in [0.15, 0.2) is 0 Å². The molecule has 0 saturated carbocycles. The number of hydrogen-bond donors (Lipinski definition) is 3. The summed E-state index contributed by atoms with van der Waals surface area (Å²) >= 11 is 1.15. The van der Waals surface area contributed by atoms with Crippen LogP contribution in [-0.4, -0.2) is 58.3 Å². The monoisotopic (exact) mass is 273 g/mol. The Kier molecular flexibility index (Phi) is 5.53. The smallest absolute Gasteiger partial charge is 0.407 e. The molecule has 0 spiro atoms. The van der Waals surface area contributed by atoms with E-state index in [1.54, 1.807) is 12.3 Å². The van der Waals surface area contributed by atoms with E-state index >= 15 is 0 Å². The van der Waals surface area contributed by atoms with Gasteiger partial charge >= 0.3 is 12.1 Å². The maximum atomic E-state index is 10.3. The Morgan fingerprint density at radius 1 is 1.39 bits per heavy atom. The van der Waals surface area contributed by atoms with Crippen LogP contribution in [0.5, 0.6) is 0 Å². The molecule has 1 aromatic rings. The van der Waals surface area contributed by atoms with Gasteiger partial charge in [-0.25, -0.2) is 14.6 Å². The zero-order chi connectivity index (χ0) is 13.5. The normalized spacial score (nSPS) is 14.6. The average molecular weight is 273 g/mol. The Labute approximate surface area is 108 Å². The van der Waals surface area contributed by atoms with Gasteiger partial charge in [0.1, 0.15) is 0 Å². The Hall–Kier alpha value is -1.67. The summed E-state index contributed by atoms with van der Waals surface area (Å²) in [6.07, 6.45) is -0.809. The average Bonchev–Trinajstić information content (AvgIpc) is 2.78. The van der Waals surface area contributed by atoms with Gasteiger partial charge < -0.3 is 20.4 Å². The van der Waals surface area contributed by atoms with E-state index in [2.05, 4.69) is 10.3 Å². The van der Waals surface area contributed by atoms with Crippen LogP contribution in [0, 0.1) is 6.92 Å². The number of aromatic nitrogens is 1. The summed E-state index contributed by atoms with van der Waals surface area (Å²) in [7, 11) is 0. The third-order valence-electron chi connectivity index (χ3n) is 2.19. The van der Waals surface area contributed by atoms with Crippen molar-refractivity contribution in [3.63, 3.8) is 0 Å². The van der Waals surface area contributed by atoms with E-state index < -0.39 is 12.1 Å². The highest BCUT2D eigenvalue weighted by molar-refractivity contribution is 7.11. The molecule has 1 aromatic heterocycles. The molecule has 0 atom stereocenters. The van der Waals surface area contributed by atoms with Gasteiger partial charge in [0, 0.05) is 37.3 Å². The van der Waals surface area contributed by atoms with E-state index in [-0.39, 0.29) is 5.01 Å². The molecule has 3 N–H and O–H groups in total. The SMILES string of the molecule is Cc1csc(C(=O)O)n1.O=C(O)N1CCNCC1. The van der Waals surface area contributed by atoms with Crippen LogP contribution in [0.3, 0.4) is 0 Å². The maximum absolute atomic E-state index is 10.3. The highest BCUT2D eigenvalue weighted by Gasteiger charge is 2.13. The molecule has 1 fully saturated rings. The molecule has 1 saturated heterocycles. The second-order valence-electron chi connectivity index (χ2n) is 3.62. The van der Waals surface area contributed by atoms with Crippen LogP contribution in [0.1, 0.15) is 15.5 Å². The molecule has 2 heterocycles. The molecule has 0 aromatic carbocycles. The largest absolute Gasteiger partial charge is 0.476 e. The lowest BCUT2D eigenvalue weighted by Crippen LogP contribution is -2.45. The summed E-state index contributed by atoms with van der Waals surface area (Å²) < 4.78 is 0. The number of carboxylic acid groups (broad SMARTS) is 2. The van der Waals surface area contributed by atoms with E-state index in [0.717, 1.165) is 30.1 Å². The fourth-order valence-electron chi connectivity index (χ4n) is 1.31. The predicted molar refractivity (Wildman–Crippen MR) is 66.3 cm³/mol. The number of carboxylic acids is 1. The minimum Gasteiger partial charge on any atom is -0.476 e. The number of rotatable bonds is 1. The minimum atomic E-state index is -0.951. The van der Waals surface area contributed by atoms with E-state index in [1.165, 1.54) is 4.90 Å². The molecule has 2 rings (SSSR count). The number of thiazole rings is 1. The molecule has 0 radical (unpaired) electrons. The Balaban J connectivity index is 0.000000180. The molecule has 1 amide bonds. The van der Waals surface area contributed by atoms with Crippen molar-refractivity contribution in [2.75, 3.05) is 26.2 Å². The number of amides is 1. The van der Waals surface area contributed by atoms with Crippen LogP contribution < -0.4 is 5.32 Å². The fraction of sp³-hybridized carbons (Fsp3) is 0.500. The van der Waals surface area contributed by atoms with Gasteiger partial charge in [-0.1, -0.05) is 0 Å². The molecule has 8 heteroatoms. The third kappa shape index (κ3) is 4.68. The second kappa shape index (κ2) is 6.92. The molecular formula is C10H15N3O4S. The third-order valence-corrected chi connectivity index (χ3v) is 3.14. The van der Waals surface area contributed by atoms with Crippen LogP contribution >= 0.6 is 11.3 Å². The number of piperazine rings is 1. The molecule has 18 heavy (non-hydrogen) atoms. The summed E-state index contributed by atoms with van der Waals surface area (Å²) in [4.78, 5) is 25.6. The van der Waals surface area contributed by atoms with E-state index in [4.69, 9.17) is 10.2 Å². The van der Waals surface area contributed by atoms with E-state index in [1.807, 2.05) is 0 Å². The first-order chi connectivity index (χ1) is 8.50. The fourth-order valence-corrected chi connectivity index (χ4v) is 1.94. The van der Waals surface area contributed by atoms with Crippen molar-refractivity contribution in [1.29, 1.82) is 0 Å². The highest BCUT2D eigenvalue weighted by atomic mass is 32.1. The molecule has 1 aliphatic rings. The van der Waals surface area contributed by atoms with Crippen molar-refractivity contribution in [1.82, 2.24) is 15.2 Å². The standard InChI is InChI=1S/C5H10N2O2.C5H5NO2S/c8-5(9)7-3-1-6-2-4-7;1-3-2-9-4(6-3)5(7)8/h6H,1-4H2,(H,8,9);2H,1H3,(H,7,8). The van der Waals surface area contributed by atoms with Crippen molar-refractivity contribution in [3.05, 3.63) is 16.1 Å². The first kappa shape index (κ1) is 14.4. The summed E-state index contributed by atoms with van der Waals surface area (Å²) in [6.45, 7) is 4.58. The number of aryl methyl sites for hydroxylation is 1.